The summed E-state index contributed by atoms with van der Waals surface area (Å²) in [6, 6.07) is 3.90. The molecule has 21 heavy (non-hydrogen) atoms. The van der Waals surface area contributed by atoms with E-state index in [4.69, 9.17) is 14.5 Å². The monoisotopic (exact) mass is 288 g/mol. The molecule has 2 aromatic rings. The lowest BCUT2D eigenvalue weighted by Crippen LogP contribution is -2.07. The Kier molecular flexibility index (Phi) is 4.56. The molecule has 1 heterocycles. The van der Waals surface area contributed by atoms with Gasteiger partial charge in [-0.15, -0.1) is 0 Å². The van der Waals surface area contributed by atoms with Crippen molar-refractivity contribution in [2.45, 2.75) is 33.6 Å². The number of aromatic nitrogens is 1. The lowest BCUT2D eigenvalue weighted by Gasteiger charge is -2.20. The lowest BCUT2D eigenvalue weighted by molar-refractivity contribution is 0.397. The number of hydrogen-bond acceptors (Lipinski definition) is 4. The topological polar surface area (TPSA) is 43.4 Å². The SMILES string of the molecule is CCNc1c(C(C)C)c(C)nc2c(OC)cc(OC)cc12. The highest BCUT2D eigenvalue weighted by Crippen LogP contribution is 2.39. The molecule has 0 fully saturated rings. The fourth-order valence-electron chi connectivity index (χ4n) is 2.79. The van der Waals surface area contributed by atoms with Crippen LogP contribution in [0.25, 0.3) is 10.9 Å². The second-order valence-corrected chi connectivity index (χ2v) is 5.40. The summed E-state index contributed by atoms with van der Waals surface area (Å²) < 4.78 is 10.9. The first-order valence-corrected chi connectivity index (χ1v) is 7.33. The minimum absolute atomic E-state index is 0.396. The second kappa shape index (κ2) is 6.20. The number of nitrogens with zero attached hydrogens (tertiary/aromatic N) is 1. The Balaban J connectivity index is 2.89. The quantitative estimate of drug-likeness (QED) is 0.899. The van der Waals surface area contributed by atoms with E-state index in [0.29, 0.717) is 5.92 Å². The van der Waals surface area contributed by atoms with Gasteiger partial charge in [0.1, 0.15) is 17.0 Å². The summed E-state index contributed by atoms with van der Waals surface area (Å²) in [5.74, 6) is 1.91. The van der Waals surface area contributed by atoms with Crippen LogP contribution in [0.3, 0.4) is 0 Å². The van der Waals surface area contributed by atoms with Gasteiger partial charge in [0, 0.05) is 29.4 Å². The number of ether oxygens (including phenoxy) is 2. The number of pyridine rings is 1. The van der Waals surface area contributed by atoms with Crippen LogP contribution in [0, 0.1) is 6.92 Å². The van der Waals surface area contributed by atoms with E-state index in [1.54, 1.807) is 14.2 Å². The lowest BCUT2D eigenvalue weighted by atomic mass is 9.96. The van der Waals surface area contributed by atoms with Gasteiger partial charge in [0.2, 0.25) is 0 Å². The fourth-order valence-corrected chi connectivity index (χ4v) is 2.79. The minimum Gasteiger partial charge on any atom is -0.497 e. The Morgan fingerprint density at radius 2 is 1.90 bits per heavy atom. The zero-order valence-corrected chi connectivity index (χ0v) is 13.7. The summed E-state index contributed by atoms with van der Waals surface area (Å²) in [6.07, 6.45) is 0. The third-order valence-corrected chi connectivity index (χ3v) is 3.64. The zero-order chi connectivity index (χ0) is 15.6. The van der Waals surface area contributed by atoms with Crippen LogP contribution in [0.15, 0.2) is 12.1 Å². The van der Waals surface area contributed by atoms with Crippen molar-refractivity contribution in [3.63, 3.8) is 0 Å². The normalized spacial score (nSPS) is 11.0. The Labute approximate surface area is 126 Å². The van der Waals surface area contributed by atoms with Crippen molar-refractivity contribution in [1.29, 1.82) is 0 Å². The molecule has 114 valence electrons. The van der Waals surface area contributed by atoms with Gasteiger partial charge in [-0.2, -0.15) is 0 Å². The molecule has 2 rings (SSSR count). The maximum atomic E-state index is 5.49. The Bertz CT molecular complexity index is 651. The summed E-state index contributed by atoms with van der Waals surface area (Å²) in [6.45, 7) is 9.39. The predicted molar refractivity (Wildman–Crippen MR) is 87.8 cm³/mol. The molecule has 1 aromatic heterocycles. The van der Waals surface area contributed by atoms with Crippen LogP contribution in [0.2, 0.25) is 0 Å². The van der Waals surface area contributed by atoms with E-state index in [-0.39, 0.29) is 0 Å². The molecule has 0 saturated carbocycles. The molecule has 0 aliphatic carbocycles. The van der Waals surface area contributed by atoms with Crippen molar-refractivity contribution in [3.8, 4) is 11.5 Å². The van der Waals surface area contributed by atoms with Gasteiger partial charge in [-0.05, 0) is 31.4 Å². The van der Waals surface area contributed by atoms with Crippen LogP contribution in [0.5, 0.6) is 11.5 Å². The van der Waals surface area contributed by atoms with Gasteiger partial charge in [-0.1, -0.05) is 13.8 Å². The van der Waals surface area contributed by atoms with Crippen molar-refractivity contribution < 1.29 is 9.47 Å². The number of benzene rings is 1. The van der Waals surface area contributed by atoms with E-state index in [9.17, 15) is 0 Å². The van der Waals surface area contributed by atoms with Gasteiger partial charge in [-0.3, -0.25) is 0 Å². The highest BCUT2D eigenvalue weighted by molar-refractivity contribution is 5.98. The second-order valence-electron chi connectivity index (χ2n) is 5.40. The van der Waals surface area contributed by atoms with E-state index >= 15 is 0 Å². The number of hydrogen-bond donors (Lipinski definition) is 1. The zero-order valence-electron chi connectivity index (χ0n) is 13.7. The van der Waals surface area contributed by atoms with Gasteiger partial charge < -0.3 is 14.8 Å². The van der Waals surface area contributed by atoms with Crippen LogP contribution >= 0.6 is 0 Å². The molecular formula is C17H24N2O2. The summed E-state index contributed by atoms with van der Waals surface area (Å²) >= 11 is 0. The average Bonchev–Trinajstić information content (AvgIpc) is 2.46. The number of aryl methyl sites for hydroxylation is 1. The molecule has 0 aliphatic heterocycles. The number of rotatable bonds is 5. The molecule has 0 radical (unpaired) electrons. The third-order valence-electron chi connectivity index (χ3n) is 3.64. The Morgan fingerprint density at radius 3 is 2.43 bits per heavy atom. The molecule has 0 unspecified atom stereocenters. The van der Waals surface area contributed by atoms with E-state index in [0.717, 1.165) is 40.3 Å². The molecule has 0 spiro atoms. The maximum Gasteiger partial charge on any atom is 0.148 e. The number of methoxy groups -OCH3 is 2. The van der Waals surface area contributed by atoms with Crippen molar-refractivity contribution >= 4 is 16.6 Å². The molecule has 1 N–H and O–H groups in total. The molecule has 0 saturated heterocycles. The molecule has 0 amide bonds. The number of fused-ring (bicyclic) bond motifs is 1. The first-order valence-electron chi connectivity index (χ1n) is 7.33. The van der Waals surface area contributed by atoms with Gasteiger partial charge in [0.15, 0.2) is 0 Å². The molecule has 4 nitrogen and oxygen atoms in total. The van der Waals surface area contributed by atoms with Crippen LogP contribution in [0.1, 0.15) is 37.9 Å². The van der Waals surface area contributed by atoms with Gasteiger partial charge in [0.05, 0.1) is 14.2 Å². The highest BCUT2D eigenvalue weighted by atomic mass is 16.5. The first kappa shape index (κ1) is 15.4. The van der Waals surface area contributed by atoms with Gasteiger partial charge >= 0.3 is 0 Å². The fraction of sp³-hybridized carbons (Fsp3) is 0.471. The predicted octanol–water partition coefficient (Wildman–Crippen LogP) is 4.12. The molecule has 0 aliphatic rings. The largest absolute Gasteiger partial charge is 0.497 e. The maximum absolute atomic E-state index is 5.49. The molecule has 0 atom stereocenters. The van der Waals surface area contributed by atoms with Crippen molar-refractivity contribution in [2.24, 2.45) is 0 Å². The van der Waals surface area contributed by atoms with E-state index in [1.807, 2.05) is 12.1 Å². The third kappa shape index (κ3) is 2.75. The van der Waals surface area contributed by atoms with Crippen LogP contribution in [-0.2, 0) is 0 Å². The van der Waals surface area contributed by atoms with Gasteiger partial charge in [0.25, 0.3) is 0 Å². The molecule has 0 bridgehead atoms. The summed E-state index contributed by atoms with van der Waals surface area (Å²) in [4.78, 5) is 4.77. The van der Waals surface area contributed by atoms with Crippen molar-refractivity contribution in [2.75, 3.05) is 26.1 Å². The molecular weight excluding hydrogens is 264 g/mol. The van der Waals surface area contributed by atoms with Gasteiger partial charge in [-0.25, -0.2) is 4.98 Å². The van der Waals surface area contributed by atoms with E-state index in [2.05, 4.69) is 33.0 Å². The van der Waals surface area contributed by atoms with Crippen LogP contribution in [0.4, 0.5) is 5.69 Å². The minimum atomic E-state index is 0.396. The number of nitrogens with one attached hydrogen (secondary N) is 1. The Hall–Kier alpha value is -1.97. The van der Waals surface area contributed by atoms with E-state index < -0.39 is 0 Å². The summed E-state index contributed by atoms with van der Waals surface area (Å²) in [7, 11) is 3.33. The van der Waals surface area contributed by atoms with Crippen molar-refractivity contribution in [3.05, 3.63) is 23.4 Å². The van der Waals surface area contributed by atoms with E-state index in [1.165, 1.54) is 5.56 Å². The van der Waals surface area contributed by atoms with Crippen LogP contribution < -0.4 is 14.8 Å². The van der Waals surface area contributed by atoms with Crippen molar-refractivity contribution in [1.82, 2.24) is 4.98 Å². The van der Waals surface area contributed by atoms with Crippen LogP contribution in [-0.4, -0.2) is 25.7 Å². The molecule has 4 heteroatoms. The molecule has 1 aromatic carbocycles. The smallest absolute Gasteiger partial charge is 0.148 e. The Morgan fingerprint density at radius 1 is 1.19 bits per heavy atom. The average molecular weight is 288 g/mol. The standard InChI is InChI=1S/C17H24N2O2/c1-7-18-17-13-8-12(20-5)9-14(21-6)16(13)19-11(4)15(17)10(2)3/h8-10H,7H2,1-6H3,(H,18,19). The first-order chi connectivity index (χ1) is 10.0. The number of anilines is 1. The highest BCUT2D eigenvalue weighted by Gasteiger charge is 2.18. The summed E-state index contributed by atoms with van der Waals surface area (Å²) in [5.41, 5.74) is 4.29. The summed E-state index contributed by atoms with van der Waals surface area (Å²) in [5, 5.41) is 4.54.